The van der Waals surface area contributed by atoms with Crippen molar-refractivity contribution in [1.82, 2.24) is 20.2 Å². The van der Waals surface area contributed by atoms with E-state index in [9.17, 15) is 4.79 Å². The Balaban J connectivity index is 2.42. The minimum Gasteiger partial charge on any atom is -0.354 e. The number of rotatable bonds is 7. The van der Waals surface area contributed by atoms with Crippen LogP contribution in [0.3, 0.4) is 0 Å². The molecule has 1 aromatic rings. The molecule has 0 bridgehead atoms. The lowest BCUT2D eigenvalue weighted by Gasteiger charge is -2.12. The van der Waals surface area contributed by atoms with Crippen LogP contribution in [0.25, 0.3) is 0 Å². The maximum Gasteiger partial charge on any atom is 0.221 e. The zero-order valence-corrected chi connectivity index (χ0v) is 11.7. The molecule has 0 saturated heterocycles. The zero-order chi connectivity index (χ0) is 13.5. The number of imidazole rings is 1. The number of amides is 1. The molecule has 5 heteroatoms. The van der Waals surface area contributed by atoms with Gasteiger partial charge in [-0.1, -0.05) is 13.8 Å². The first-order chi connectivity index (χ1) is 8.49. The van der Waals surface area contributed by atoms with Gasteiger partial charge >= 0.3 is 0 Å². The summed E-state index contributed by atoms with van der Waals surface area (Å²) in [6.45, 7) is 9.60. The van der Waals surface area contributed by atoms with Crippen LogP contribution in [0.15, 0.2) is 12.5 Å². The van der Waals surface area contributed by atoms with Crippen molar-refractivity contribution < 1.29 is 4.79 Å². The standard InChI is InChI=1S/C13H24N4O/c1-10(2)15-8-12-7-14-9-17(12)6-5-13(18)16-11(3)4/h7,9-11,15H,5-6,8H2,1-4H3,(H,16,18). The van der Waals surface area contributed by atoms with E-state index in [1.54, 1.807) is 6.33 Å². The van der Waals surface area contributed by atoms with Crippen LogP contribution in [0.2, 0.25) is 0 Å². The average Bonchev–Trinajstić information content (AvgIpc) is 2.70. The summed E-state index contributed by atoms with van der Waals surface area (Å²) in [6.07, 6.45) is 4.11. The summed E-state index contributed by atoms with van der Waals surface area (Å²) >= 11 is 0. The van der Waals surface area contributed by atoms with E-state index >= 15 is 0 Å². The third kappa shape index (κ3) is 5.31. The van der Waals surface area contributed by atoms with Crippen molar-refractivity contribution in [3.8, 4) is 0 Å². The van der Waals surface area contributed by atoms with Gasteiger partial charge in [-0.15, -0.1) is 0 Å². The van der Waals surface area contributed by atoms with E-state index in [0.717, 1.165) is 12.2 Å². The molecule has 2 N–H and O–H groups in total. The number of nitrogens with one attached hydrogen (secondary N) is 2. The number of aromatic nitrogens is 2. The Labute approximate surface area is 109 Å². The largest absolute Gasteiger partial charge is 0.354 e. The van der Waals surface area contributed by atoms with E-state index in [4.69, 9.17) is 0 Å². The Morgan fingerprint density at radius 2 is 2.06 bits per heavy atom. The van der Waals surface area contributed by atoms with Gasteiger partial charge in [0.2, 0.25) is 5.91 Å². The van der Waals surface area contributed by atoms with Crippen LogP contribution in [0.4, 0.5) is 0 Å². The van der Waals surface area contributed by atoms with Crippen LogP contribution >= 0.6 is 0 Å². The van der Waals surface area contributed by atoms with Crippen LogP contribution in [-0.2, 0) is 17.9 Å². The van der Waals surface area contributed by atoms with Gasteiger partial charge in [0.05, 0.1) is 12.0 Å². The molecule has 1 aromatic heterocycles. The fraction of sp³-hybridized carbons (Fsp3) is 0.692. The second-order valence-corrected chi connectivity index (χ2v) is 5.09. The molecule has 102 valence electrons. The molecule has 0 aromatic carbocycles. The summed E-state index contributed by atoms with van der Waals surface area (Å²) in [7, 11) is 0. The predicted molar refractivity (Wildman–Crippen MR) is 72.1 cm³/mol. The third-order valence-electron chi connectivity index (χ3n) is 2.52. The highest BCUT2D eigenvalue weighted by molar-refractivity contribution is 5.76. The molecule has 0 saturated carbocycles. The van der Waals surface area contributed by atoms with E-state index in [-0.39, 0.29) is 11.9 Å². The lowest BCUT2D eigenvalue weighted by atomic mass is 10.3. The molecule has 18 heavy (non-hydrogen) atoms. The molecule has 0 unspecified atom stereocenters. The molecule has 5 nitrogen and oxygen atoms in total. The Hall–Kier alpha value is -1.36. The van der Waals surface area contributed by atoms with Crippen LogP contribution in [0, 0.1) is 0 Å². The van der Waals surface area contributed by atoms with E-state index in [0.29, 0.717) is 19.0 Å². The number of hydrogen-bond donors (Lipinski definition) is 2. The van der Waals surface area contributed by atoms with Gasteiger partial charge in [0.15, 0.2) is 0 Å². The van der Waals surface area contributed by atoms with Crippen molar-refractivity contribution in [1.29, 1.82) is 0 Å². The van der Waals surface area contributed by atoms with Crippen LogP contribution < -0.4 is 10.6 Å². The molecule has 0 radical (unpaired) electrons. The minimum atomic E-state index is 0.0847. The van der Waals surface area contributed by atoms with E-state index in [1.165, 1.54) is 0 Å². The highest BCUT2D eigenvalue weighted by atomic mass is 16.1. The van der Waals surface area contributed by atoms with Gasteiger partial charge in [0, 0.05) is 37.8 Å². The molecule has 1 heterocycles. The van der Waals surface area contributed by atoms with Crippen LogP contribution in [0.1, 0.15) is 39.8 Å². The predicted octanol–water partition coefficient (Wildman–Crippen LogP) is 1.30. The Morgan fingerprint density at radius 3 is 2.67 bits per heavy atom. The van der Waals surface area contributed by atoms with Gasteiger partial charge in [0.25, 0.3) is 0 Å². The number of nitrogens with zero attached hydrogens (tertiary/aromatic N) is 2. The van der Waals surface area contributed by atoms with Crippen molar-refractivity contribution in [2.45, 2.75) is 59.3 Å². The van der Waals surface area contributed by atoms with Crippen molar-refractivity contribution in [2.24, 2.45) is 0 Å². The molecule has 0 spiro atoms. The van der Waals surface area contributed by atoms with Crippen molar-refractivity contribution >= 4 is 5.91 Å². The van der Waals surface area contributed by atoms with E-state index in [1.807, 2.05) is 24.6 Å². The summed E-state index contributed by atoms with van der Waals surface area (Å²) in [5.41, 5.74) is 1.11. The number of hydrogen-bond acceptors (Lipinski definition) is 3. The molecule has 0 aliphatic heterocycles. The molecule has 1 amide bonds. The first kappa shape index (κ1) is 14.7. The van der Waals surface area contributed by atoms with Gasteiger partial charge in [-0.3, -0.25) is 4.79 Å². The summed E-state index contributed by atoms with van der Waals surface area (Å²) in [5, 5.41) is 6.23. The molecule has 0 fully saturated rings. The maximum absolute atomic E-state index is 11.6. The lowest BCUT2D eigenvalue weighted by Crippen LogP contribution is -2.31. The molecule has 1 rings (SSSR count). The van der Waals surface area contributed by atoms with Gasteiger partial charge in [-0.2, -0.15) is 0 Å². The minimum absolute atomic E-state index is 0.0847. The normalized spacial score (nSPS) is 11.2. The zero-order valence-electron chi connectivity index (χ0n) is 11.7. The van der Waals surface area contributed by atoms with Crippen molar-refractivity contribution in [3.05, 3.63) is 18.2 Å². The highest BCUT2D eigenvalue weighted by Gasteiger charge is 2.06. The lowest BCUT2D eigenvalue weighted by molar-refractivity contribution is -0.121. The second kappa shape index (κ2) is 7.16. The molecular weight excluding hydrogens is 228 g/mol. The quantitative estimate of drug-likeness (QED) is 0.769. The van der Waals surface area contributed by atoms with Gasteiger partial charge in [0.1, 0.15) is 0 Å². The van der Waals surface area contributed by atoms with Gasteiger partial charge in [-0.05, 0) is 13.8 Å². The summed E-state index contributed by atoms with van der Waals surface area (Å²) < 4.78 is 2.02. The Kier molecular flexibility index (Phi) is 5.85. The third-order valence-corrected chi connectivity index (χ3v) is 2.52. The van der Waals surface area contributed by atoms with Gasteiger partial charge < -0.3 is 15.2 Å². The van der Waals surface area contributed by atoms with E-state index < -0.39 is 0 Å². The summed E-state index contributed by atoms with van der Waals surface area (Å²) in [5.74, 6) is 0.0847. The fourth-order valence-corrected chi connectivity index (χ4v) is 1.62. The van der Waals surface area contributed by atoms with Crippen molar-refractivity contribution in [3.63, 3.8) is 0 Å². The first-order valence-corrected chi connectivity index (χ1v) is 6.50. The van der Waals surface area contributed by atoms with Gasteiger partial charge in [-0.25, -0.2) is 4.98 Å². The average molecular weight is 252 g/mol. The molecule has 0 atom stereocenters. The SMILES string of the molecule is CC(C)NCc1cncn1CCC(=O)NC(C)C. The second-order valence-electron chi connectivity index (χ2n) is 5.09. The maximum atomic E-state index is 11.6. The fourth-order valence-electron chi connectivity index (χ4n) is 1.62. The number of carbonyl (C=O) groups is 1. The number of carbonyl (C=O) groups excluding carboxylic acids is 1. The Bertz CT molecular complexity index is 371. The molecular formula is C13H24N4O. The van der Waals surface area contributed by atoms with E-state index in [2.05, 4.69) is 29.5 Å². The monoisotopic (exact) mass is 252 g/mol. The first-order valence-electron chi connectivity index (χ1n) is 6.50. The van der Waals surface area contributed by atoms with Crippen LogP contribution in [0.5, 0.6) is 0 Å². The molecule has 0 aliphatic rings. The summed E-state index contributed by atoms with van der Waals surface area (Å²) in [4.78, 5) is 15.7. The van der Waals surface area contributed by atoms with Crippen LogP contribution in [-0.4, -0.2) is 27.5 Å². The topological polar surface area (TPSA) is 59.0 Å². The smallest absolute Gasteiger partial charge is 0.221 e. The Morgan fingerprint density at radius 1 is 1.33 bits per heavy atom. The highest BCUT2D eigenvalue weighted by Crippen LogP contribution is 2.01. The molecule has 0 aliphatic carbocycles. The number of aryl methyl sites for hydroxylation is 1. The summed E-state index contributed by atoms with van der Waals surface area (Å²) in [6, 6.07) is 0.639. The van der Waals surface area contributed by atoms with Crippen molar-refractivity contribution in [2.75, 3.05) is 0 Å².